The van der Waals surface area contributed by atoms with E-state index in [0.717, 1.165) is 25.5 Å². The molecule has 0 aliphatic carbocycles. The third-order valence-electron chi connectivity index (χ3n) is 4.32. The van der Waals surface area contributed by atoms with Crippen LogP contribution in [0.2, 0.25) is 0 Å². The number of hydrogen-bond donors (Lipinski definition) is 1. The van der Waals surface area contributed by atoms with Gasteiger partial charge in [0.2, 0.25) is 0 Å². The van der Waals surface area contributed by atoms with Crippen LogP contribution in [-0.4, -0.2) is 29.6 Å². The van der Waals surface area contributed by atoms with Crippen molar-refractivity contribution in [1.82, 2.24) is 4.90 Å². The van der Waals surface area contributed by atoms with Crippen LogP contribution in [0.4, 0.5) is 17.6 Å². The molecule has 1 saturated heterocycles. The molecule has 1 aromatic rings. The number of nitrogens with zero attached hydrogens (tertiary/aromatic N) is 1. The van der Waals surface area contributed by atoms with Crippen LogP contribution in [-0.2, 0) is 11.8 Å². The van der Waals surface area contributed by atoms with E-state index in [1.165, 1.54) is 6.07 Å². The molecule has 2 rings (SSSR count). The van der Waals surface area contributed by atoms with Crippen molar-refractivity contribution in [1.29, 1.82) is 0 Å². The lowest BCUT2D eigenvalue weighted by molar-refractivity contribution is -0.140. The molecule has 0 spiro atoms. The van der Waals surface area contributed by atoms with E-state index in [9.17, 15) is 22.7 Å². The molecule has 0 aromatic heterocycles. The molecule has 1 aliphatic heterocycles. The Labute approximate surface area is 127 Å². The minimum atomic E-state index is -4.75. The molecule has 22 heavy (non-hydrogen) atoms. The van der Waals surface area contributed by atoms with Gasteiger partial charge in [-0.25, -0.2) is 4.39 Å². The molecule has 0 amide bonds. The first-order valence-electron chi connectivity index (χ1n) is 7.59. The van der Waals surface area contributed by atoms with Gasteiger partial charge in [0.15, 0.2) is 0 Å². The molecule has 0 unspecified atom stereocenters. The van der Waals surface area contributed by atoms with E-state index in [0.29, 0.717) is 19.2 Å². The summed E-state index contributed by atoms with van der Waals surface area (Å²) < 4.78 is 52.6. The Hall–Kier alpha value is -1.14. The third-order valence-corrected chi connectivity index (χ3v) is 4.32. The van der Waals surface area contributed by atoms with Gasteiger partial charge in [-0.2, -0.15) is 13.2 Å². The zero-order chi connectivity index (χ0) is 16.4. The summed E-state index contributed by atoms with van der Waals surface area (Å²) in [6.45, 7) is 4.11. The maximum Gasteiger partial charge on any atom is 0.419 e. The van der Waals surface area contributed by atoms with Crippen molar-refractivity contribution < 1.29 is 22.7 Å². The highest BCUT2D eigenvalue weighted by Crippen LogP contribution is 2.39. The van der Waals surface area contributed by atoms with E-state index >= 15 is 0 Å². The fourth-order valence-electron chi connectivity index (χ4n) is 2.91. The Morgan fingerprint density at radius 3 is 2.41 bits per heavy atom. The minimum absolute atomic E-state index is 0.238. The standard InChI is InChI=1S/C16H21F4NO/c1-2-3-9-21-10-7-15(22,8-11-21)12-5-4-6-13(14(12)17)16(18,19)20/h4-6,22H,2-3,7-11H2,1H3. The first kappa shape index (κ1) is 17.2. The molecule has 1 fully saturated rings. The van der Waals surface area contributed by atoms with Gasteiger partial charge < -0.3 is 10.0 Å². The first-order chi connectivity index (χ1) is 10.3. The van der Waals surface area contributed by atoms with Crippen molar-refractivity contribution in [3.63, 3.8) is 0 Å². The lowest BCUT2D eigenvalue weighted by atomic mass is 9.83. The average Bonchev–Trinajstić information content (AvgIpc) is 2.45. The van der Waals surface area contributed by atoms with Crippen LogP contribution in [0, 0.1) is 5.82 Å². The normalized spacial score (nSPS) is 19.4. The summed E-state index contributed by atoms with van der Waals surface area (Å²) in [7, 11) is 0. The quantitative estimate of drug-likeness (QED) is 0.850. The second kappa shape index (κ2) is 6.54. The number of unbranched alkanes of at least 4 members (excludes halogenated alkanes) is 1. The number of halogens is 4. The Morgan fingerprint density at radius 1 is 1.23 bits per heavy atom. The van der Waals surface area contributed by atoms with Gasteiger partial charge >= 0.3 is 6.18 Å². The van der Waals surface area contributed by atoms with E-state index < -0.39 is 23.2 Å². The second-order valence-electron chi connectivity index (χ2n) is 5.89. The highest BCUT2D eigenvalue weighted by atomic mass is 19.4. The van der Waals surface area contributed by atoms with E-state index in [-0.39, 0.29) is 18.4 Å². The van der Waals surface area contributed by atoms with Crippen LogP contribution in [0.25, 0.3) is 0 Å². The van der Waals surface area contributed by atoms with E-state index in [2.05, 4.69) is 11.8 Å². The van der Waals surface area contributed by atoms with Gasteiger partial charge in [0.25, 0.3) is 0 Å². The van der Waals surface area contributed by atoms with Crippen molar-refractivity contribution in [3.05, 3.63) is 35.1 Å². The minimum Gasteiger partial charge on any atom is -0.385 e. The van der Waals surface area contributed by atoms with Gasteiger partial charge in [-0.1, -0.05) is 25.5 Å². The topological polar surface area (TPSA) is 23.5 Å². The molecule has 1 aromatic carbocycles. The molecule has 1 N–H and O–H groups in total. The number of aliphatic hydroxyl groups is 1. The Balaban J connectivity index is 2.19. The summed E-state index contributed by atoms with van der Waals surface area (Å²) in [5, 5.41) is 10.6. The lowest BCUT2D eigenvalue weighted by Gasteiger charge is -2.39. The van der Waals surface area contributed by atoms with E-state index in [1.807, 2.05) is 0 Å². The van der Waals surface area contributed by atoms with Gasteiger partial charge in [0.1, 0.15) is 5.82 Å². The monoisotopic (exact) mass is 319 g/mol. The summed E-state index contributed by atoms with van der Waals surface area (Å²) in [5.41, 5.74) is -3.07. The summed E-state index contributed by atoms with van der Waals surface area (Å²) in [6, 6.07) is 3.12. The Morgan fingerprint density at radius 2 is 1.86 bits per heavy atom. The van der Waals surface area contributed by atoms with Crippen LogP contribution in [0.1, 0.15) is 43.7 Å². The number of piperidine rings is 1. The predicted molar refractivity (Wildman–Crippen MR) is 75.9 cm³/mol. The number of hydrogen-bond acceptors (Lipinski definition) is 2. The molecule has 1 aliphatic rings. The molecule has 6 heteroatoms. The number of likely N-dealkylation sites (tertiary alicyclic amines) is 1. The van der Waals surface area contributed by atoms with Crippen LogP contribution in [0.15, 0.2) is 18.2 Å². The second-order valence-corrected chi connectivity index (χ2v) is 5.89. The highest BCUT2D eigenvalue weighted by molar-refractivity contribution is 5.32. The molecular formula is C16H21F4NO. The molecule has 1 heterocycles. The smallest absolute Gasteiger partial charge is 0.385 e. The Kier molecular flexibility index (Phi) is 5.12. The SMILES string of the molecule is CCCCN1CCC(O)(c2cccc(C(F)(F)F)c2F)CC1. The summed E-state index contributed by atoms with van der Waals surface area (Å²) in [6.07, 6.45) is -2.17. The van der Waals surface area contributed by atoms with Crippen molar-refractivity contribution in [2.24, 2.45) is 0 Å². The van der Waals surface area contributed by atoms with Gasteiger partial charge in [-0.3, -0.25) is 0 Å². The zero-order valence-electron chi connectivity index (χ0n) is 12.6. The van der Waals surface area contributed by atoms with Crippen LogP contribution in [0.3, 0.4) is 0 Å². The van der Waals surface area contributed by atoms with Crippen molar-refractivity contribution in [3.8, 4) is 0 Å². The molecule has 0 bridgehead atoms. The van der Waals surface area contributed by atoms with E-state index in [1.54, 1.807) is 0 Å². The van der Waals surface area contributed by atoms with Crippen molar-refractivity contribution in [2.75, 3.05) is 19.6 Å². The zero-order valence-corrected chi connectivity index (χ0v) is 12.6. The number of alkyl halides is 3. The molecule has 0 saturated carbocycles. The van der Waals surface area contributed by atoms with Crippen LogP contribution in [0.5, 0.6) is 0 Å². The number of benzene rings is 1. The summed E-state index contributed by atoms with van der Waals surface area (Å²) in [5.74, 6) is -1.35. The summed E-state index contributed by atoms with van der Waals surface area (Å²) in [4.78, 5) is 2.16. The Bertz CT molecular complexity index is 507. The largest absolute Gasteiger partial charge is 0.419 e. The molecule has 2 nitrogen and oxygen atoms in total. The number of rotatable bonds is 4. The first-order valence-corrected chi connectivity index (χ1v) is 7.59. The van der Waals surface area contributed by atoms with Crippen LogP contribution >= 0.6 is 0 Å². The molecular weight excluding hydrogens is 298 g/mol. The van der Waals surface area contributed by atoms with Gasteiger partial charge in [-0.05, 0) is 31.9 Å². The predicted octanol–water partition coefficient (Wildman–Crippen LogP) is 3.93. The lowest BCUT2D eigenvalue weighted by Crippen LogP contribution is -2.43. The third kappa shape index (κ3) is 3.60. The fraction of sp³-hybridized carbons (Fsp3) is 0.625. The van der Waals surface area contributed by atoms with Crippen molar-refractivity contribution in [2.45, 2.75) is 44.4 Å². The maximum atomic E-state index is 14.2. The summed E-state index contributed by atoms with van der Waals surface area (Å²) >= 11 is 0. The van der Waals surface area contributed by atoms with Crippen molar-refractivity contribution >= 4 is 0 Å². The van der Waals surface area contributed by atoms with E-state index in [4.69, 9.17) is 0 Å². The highest BCUT2D eigenvalue weighted by Gasteiger charge is 2.41. The van der Waals surface area contributed by atoms with Gasteiger partial charge in [0.05, 0.1) is 11.2 Å². The molecule has 0 atom stereocenters. The maximum absolute atomic E-state index is 14.2. The van der Waals surface area contributed by atoms with Gasteiger partial charge in [0, 0.05) is 18.7 Å². The average molecular weight is 319 g/mol. The molecule has 0 radical (unpaired) electrons. The fourth-order valence-corrected chi connectivity index (χ4v) is 2.91. The molecule has 124 valence electrons. The van der Waals surface area contributed by atoms with Crippen LogP contribution < -0.4 is 0 Å². The van der Waals surface area contributed by atoms with Gasteiger partial charge in [-0.15, -0.1) is 0 Å².